The maximum Gasteiger partial charge on any atom is 0.187 e. The van der Waals surface area contributed by atoms with Crippen LogP contribution in [0.2, 0.25) is 0 Å². The van der Waals surface area contributed by atoms with Gasteiger partial charge in [-0.05, 0) is 0 Å². The molecule has 1 rings (SSSR count). The smallest absolute Gasteiger partial charge is 0.187 e. The lowest BCUT2D eigenvalue weighted by atomic mass is 10.2. The molecule has 1 aromatic rings. The largest absolute Gasteiger partial charge is 0.503 e. The number of phenolic OH excluding ortho intramolecular Hbond substituents is 1. The van der Waals surface area contributed by atoms with Gasteiger partial charge >= 0.3 is 0 Å². The Morgan fingerprint density at radius 1 is 1.33 bits per heavy atom. The molecule has 1 atom stereocenters. The van der Waals surface area contributed by atoms with Crippen LogP contribution in [0.5, 0.6) is 5.75 Å². The third-order valence-electron chi connectivity index (χ3n) is 1.74. The van der Waals surface area contributed by atoms with E-state index in [1.54, 1.807) is 0 Å². The first kappa shape index (κ1) is 12.0. The van der Waals surface area contributed by atoms with Crippen LogP contribution in [0.1, 0.15) is 0 Å². The quantitative estimate of drug-likeness (QED) is 0.552. The number of alkyl halides is 1. The SMILES string of the molecule is Oc1c(F)cc(NCC(O)CCl)cc1F. The molecule has 0 saturated carbocycles. The highest BCUT2D eigenvalue weighted by atomic mass is 35.5. The topological polar surface area (TPSA) is 52.5 Å². The highest BCUT2D eigenvalue weighted by Gasteiger charge is 2.10. The van der Waals surface area contributed by atoms with Gasteiger partial charge in [-0.1, -0.05) is 0 Å². The van der Waals surface area contributed by atoms with Gasteiger partial charge < -0.3 is 15.5 Å². The van der Waals surface area contributed by atoms with E-state index in [2.05, 4.69) is 5.32 Å². The summed E-state index contributed by atoms with van der Waals surface area (Å²) in [6, 6.07) is 1.86. The molecule has 15 heavy (non-hydrogen) atoms. The molecule has 0 aliphatic heterocycles. The van der Waals surface area contributed by atoms with Gasteiger partial charge in [-0.2, -0.15) is 0 Å². The van der Waals surface area contributed by atoms with Crippen LogP contribution in [0, 0.1) is 11.6 Å². The summed E-state index contributed by atoms with van der Waals surface area (Å²) in [5, 5.41) is 20.5. The van der Waals surface area contributed by atoms with Crippen molar-refractivity contribution in [1.82, 2.24) is 0 Å². The van der Waals surface area contributed by atoms with Crippen LogP contribution in [0.15, 0.2) is 12.1 Å². The van der Waals surface area contributed by atoms with Crippen molar-refractivity contribution in [3.05, 3.63) is 23.8 Å². The highest BCUT2D eigenvalue weighted by molar-refractivity contribution is 6.18. The fourth-order valence-corrected chi connectivity index (χ4v) is 1.07. The van der Waals surface area contributed by atoms with Crippen molar-refractivity contribution in [2.45, 2.75) is 6.10 Å². The van der Waals surface area contributed by atoms with Crippen molar-refractivity contribution in [2.24, 2.45) is 0 Å². The number of hydrogen-bond acceptors (Lipinski definition) is 3. The van der Waals surface area contributed by atoms with Crippen LogP contribution in [0.3, 0.4) is 0 Å². The van der Waals surface area contributed by atoms with E-state index in [-0.39, 0.29) is 18.1 Å². The van der Waals surface area contributed by atoms with Gasteiger partial charge in [0.2, 0.25) is 0 Å². The minimum atomic E-state index is -1.06. The first-order valence-corrected chi connectivity index (χ1v) is 4.74. The van der Waals surface area contributed by atoms with Crippen LogP contribution >= 0.6 is 11.6 Å². The van der Waals surface area contributed by atoms with E-state index in [0.29, 0.717) is 0 Å². The van der Waals surface area contributed by atoms with Crippen molar-refractivity contribution < 1.29 is 19.0 Å². The second kappa shape index (κ2) is 5.14. The molecule has 1 unspecified atom stereocenters. The molecule has 84 valence electrons. The average Bonchev–Trinajstić information content (AvgIpc) is 2.22. The minimum absolute atomic E-state index is 0.0239. The van der Waals surface area contributed by atoms with Crippen LogP contribution in [-0.2, 0) is 0 Å². The average molecular weight is 238 g/mol. The molecule has 6 heteroatoms. The zero-order chi connectivity index (χ0) is 11.4. The van der Waals surface area contributed by atoms with Gasteiger partial charge in [0.25, 0.3) is 0 Å². The maximum atomic E-state index is 12.8. The number of aliphatic hydroxyl groups excluding tert-OH is 1. The Morgan fingerprint density at radius 2 is 1.87 bits per heavy atom. The number of phenols is 1. The lowest BCUT2D eigenvalue weighted by molar-refractivity contribution is 0.211. The van der Waals surface area contributed by atoms with Gasteiger partial charge in [0.1, 0.15) is 0 Å². The first-order valence-electron chi connectivity index (χ1n) is 4.20. The Balaban J connectivity index is 2.70. The molecule has 0 aromatic heterocycles. The number of hydrogen-bond donors (Lipinski definition) is 3. The summed E-state index contributed by atoms with van der Waals surface area (Å²) in [6.45, 7) is 0.0765. The fraction of sp³-hybridized carbons (Fsp3) is 0.333. The Kier molecular flexibility index (Phi) is 4.11. The Morgan fingerprint density at radius 3 is 2.33 bits per heavy atom. The third-order valence-corrected chi connectivity index (χ3v) is 2.09. The van der Waals surface area contributed by atoms with Gasteiger partial charge in [0.15, 0.2) is 17.4 Å². The molecule has 0 aliphatic carbocycles. The van der Waals surface area contributed by atoms with E-state index in [9.17, 15) is 8.78 Å². The van der Waals surface area contributed by atoms with Gasteiger partial charge in [-0.15, -0.1) is 11.6 Å². The molecule has 0 spiro atoms. The van der Waals surface area contributed by atoms with E-state index >= 15 is 0 Å². The molecular formula is C9H10ClF2NO2. The lowest BCUT2D eigenvalue weighted by Crippen LogP contribution is -2.20. The molecular weight excluding hydrogens is 228 g/mol. The number of aromatic hydroxyl groups is 1. The van der Waals surface area contributed by atoms with E-state index in [0.717, 1.165) is 12.1 Å². The predicted molar refractivity (Wildman–Crippen MR) is 53.2 cm³/mol. The number of benzene rings is 1. The fourth-order valence-electron chi connectivity index (χ4n) is 0.958. The number of anilines is 1. The Hall–Kier alpha value is -1.07. The van der Waals surface area contributed by atoms with Crippen molar-refractivity contribution in [3.63, 3.8) is 0 Å². The van der Waals surface area contributed by atoms with Crippen molar-refractivity contribution in [3.8, 4) is 5.75 Å². The molecule has 0 aliphatic rings. The zero-order valence-corrected chi connectivity index (χ0v) is 8.43. The van der Waals surface area contributed by atoms with Crippen LogP contribution in [0.4, 0.5) is 14.5 Å². The summed E-state index contributed by atoms with van der Waals surface area (Å²) >= 11 is 5.33. The van der Waals surface area contributed by atoms with Gasteiger partial charge in [0.05, 0.1) is 12.0 Å². The van der Waals surface area contributed by atoms with E-state index in [1.165, 1.54) is 0 Å². The standard InChI is InChI=1S/C9H10ClF2NO2/c10-3-6(14)4-13-5-1-7(11)9(15)8(12)2-5/h1-2,6,13-15H,3-4H2. The summed E-state index contributed by atoms with van der Waals surface area (Å²) in [5.74, 6) is -3.11. The summed E-state index contributed by atoms with van der Waals surface area (Å²) < 4.78 is 25.7. The van der Waals surface area contributed by atoms with E-state index in [4.69, 9.17) is 21.8 Å². The summed E-state index contributed by atoms with van der Waals surface area (Å²) in [5.41, 5.74) is 0.131. The van der Waals surface area contributed by atoms with Crippen LogP contribution < -0.4 is 5.32 Å². The van der Waals surface area contributed by atoms with Gasteiger partial charge in [-0.25, -0.2) is 8.78 Å². The number of nitrogens with one attached hydrogen (secondary N) is 1. The second-order valence-corrected chi connectivity index (χ2v) is 3.29. The molecule has 3 N–H and O–H groups in total. The first-order chi connectivity index (χ1) is 7.04. The van der Waals surface area contributed by atoms with Crippen LogP contribution in [0.25, 0.3) is 0 Å². The molecule has 0 fully saturated rings. The number of rotatable bonds is 4. The Bertz CT molecular complexity index is 326. The van der Waals surface area contributed by atoms with Crippen molar-refractivity contribution in [2.75, 3.05) is 17.7 Å². The normalized spacial score (nSPS) is 12.5. The monoisotopic (exact) mass is 237 g/mol. The summed E-state index contributed by atoms with van der Waals surface area (Å²) in [7, 11) is 0. The molecule has 0 saturated heterocycles. The zero-order valence-electron chi connectivity index (χ0n) is 7.67. The molecule has 0 bridgehead atoms. The van der Waals surface area contributed by atoms with E-state index < -0.39 is 23.5 Å². The lowest BCUT2D eigenvalue weighted by Gasteiger charge is -2.10. The molecule has 0 radical (unpaired) electrons. The van der Waals surface area contributed by atoms with E-state index in [1.807, 2.05) is 0 Å². The minimum Gasteiger partial charge on any atom is -0.503 e. The highest BCUT2D eigenvalue weighted by Crippen LogP contribution is 2.23. The van der Waals surface area contributed by atoms with Crippen molar-refractivity contribution >= 4 is 17.3 Å². The van der Waals surface area contributed by atoms with Crippen LogP contribution in [-0.4, -0.2) is 28.7 Å². The molecule has 3 nitrogen and oxygen atoms in total. The van der Waals surface area contributed by atoms with Gasteiger partial charge in [-0.3, -0.25) is 0 Å². The third kappa shape index (κ3) is 3.21. The molecule has 0 amide bonds. The van der Waals surface area contributed by atoms with Gasteiger partial charge in [0, 0.05) is 24.4 Å². The number of halogens is 3. The summed E-state index contributed by atoms with van der Waals surface area (Å²) in [6.07, 6.45) is -0.799. The second-order valence-electron chi connectivity index (χ2n) is 2.98. The van der Waals surface area contributed by atoms with Crippen molar-refractivity contribution in [1.29, 1.82) is 0 Å². The molecule has 0 heterocycles. The maximum absolute atomic E-state index is 12.8. The molecule has 1 aromatic carbocycles. The number of aliphatic hydroxyl groups is 1. The Labute approximate surface area is 90.3 Å². The predicted octanol–water partition coefficient (Wildman–Crippen LogP) is 1.68. The summed E-state index contributed by atoms with van der Waals surface area (Å²) in [4.78, 5) is 0.